The van der Waals surface area contributed by atoms with Crippen LogP contribution in [0.2, 0.25) is 0 Å². The van der Waals surface area contributed by atoms with Crippen LogP contribution in [0, 0.1) is 13.8 Å². The monoisotopic (exact) mass is 415 g/mol. The standard InChI is InChI=1S/C25H25N3OS/c1-4-23-24(29)28(16-21-10-7-9-19-8-5-6-11-22(19)21)25(30-23)27-26-15-20-13-12-17(2)14-18(20)3/h5-15,23H,4,16H2,1-3H3/b26-15+,27-25-. The number of amides is 1. The number of fused-ring (bicyclic) bond motifs is 1. The molecule has 0 N–H and O–H groups in total. The highest BCUT2D eigenvalue weighted by molar-refractivity contribution is 8.15. The van der Waals surface area contributed by atoms with Gasteiger partial charge < -0.3 is 0 Å². The average molecular weight is 416 g/mol. The van der Waals surface area contributed by atoms with Gasteiger partial charge in [-0.15, -0.1) is 5.10 Å². The third-order valence-electron chi connectivity index (χ3n) is 5.36. The van der Waals surface area contributed by atoms with E-state index in [4.69, 9.17) is 0 Å². The van der Waals surface area contributed by atoms with E-state index in [9.17, 15) is 4.79 Å². The fourth-order valence-corrected chi connectivity index (χ4v) is 4.73. The zero-order valence-electron chi connectivity index (χ0n) is 17.5. The molecule has 1 fully saturated rings. The summed E-state index contributed by atoms with van der Waals surface area (Å²) in [5.41, 5.74) is 4.53. The molecule has 0 saturated carbocycles. The van der Waals surface area contributed by atoms with Crippen LogP contribution in [-0.4, -0.2) is 27.4 Å². The molecule has 5 heteroatoms. The number of hydrogen-bond acceptors (Lipinski definition) is 4. The van der Waals surface area contributed by atoms with Crippen LogP contribution in [0.25, 0.3) is 10.8 Å². The lowest BCUT2D eigenvalue weighted by Crippen LogP contribution is -2.31. The SMILES string of the molecule is CCC1S/C(=N\N=C\c2ccc(C)cc2C)N(Cc2cccc3ccccc23)C1=O. The fourth-order valence-electron chi connectivity index (χ4n) is 3.70. The topological polar surface area (TPSA) is 45.0 Å². The Bertz CT molecular complexity index is 1150. The quantitative estimate of drug-likeness (QED) is 0.396. The Balaban J connectivity index is 1.63. The number of thioether (sulfide) groups is 1. The van der Waals surface area contributed by atoms with Crippen molar-refractivity contribution in [2.75, 3.05) is 0 Å². The second-order valence-corrected chi connectivity index (χ2v) is 8.73. The second-order valence-electron chi connectivity index (χ2n) is 7.56. The van der Waals surface area contributed by atoms with Crippen LogP contribution < -0.4 is 0 Å². The van der Waals surface area contributed by atoms with Crippen molar-refractivity contribution in [1.82, 2.24) is 4.90 Å². The number of nitrogens with zero attached hydrogens (tertiary/aromatic N) is 3. The second kappa shape index (κ2) is 8.84. The van der Waals surface area contributed by atoms with E-state index >= 15 is 0 Å². The normalized spacial score (nSPS) is 18.2. The van der Waals surface area contributed by atoms with Gasteiger partial charge in [-0.2, -0.15) is 5.10 Å². The molecule has 1 heterocycles. The van der Waals surface area contributed by atoms with Crippen molar-refractivity contribution in [3.8, 4) is 0 Å². The summed E-state index contributed by atoms with van der Waals surface area (Å²) in [5, 5.41) is 11.7. The van der Waals surface area contributed by atoms with Gasteiger partial charge in [0.2, 0.25) is 5.91 Å². The number of rotatable bonds is 5. The van der Waals surface area contributed by atoms with Gasteiger partial charge >= 0.3 is 0 Å². The van der Waals surface area contributed by atoms with E-state index in [-0.39, 0.29) is 11.2 Å². The van der Waals surface area contributed by atoms with Gasteiger partial charge in [0, 0.05) is 0 Å². The summed E-state index contributed by atoms with van der Waals surface area (Å²) >= 11 is 1.51. The predicted molar refractivity (Wildman–Crippen MR) is 127 cm³/mol. The summed E-state index contributed by atoms with van der Waals surface area (Å²) in [6, 6.07) is 20.7. The molecule has 1 unspecified atom stereocenters. The van der Waals surface area contributed by atoms with Gasteiger partial charge in [0.15, 0.2) is 5.17 Å². The Morgan fingerprint density at radius 2 is 1.87 bits per heavy atom. The molecule has 3 aromatic rings. The fraction of sp³-hybridized carbons (Fsp3) is 0.240. The number of benzene rings is 3. The van der Waals surface area contributed by atoms with E-state index in [0.29, 0.717) is 11.7 Å². The molecule has 0 aromatic heterocycles. The number of carbonyl (C=O) groups excluding carboxylic acids is 1. The van der Waals surface area contributed by atoms with E-state index in [0.717, 1.165) is 28.5 Å². The number of hydrogen-bond donors (Lipinski definition) is 0. The van der Waals surface area contributed by atoms with Gasteiger partial charge in [-0.1, -0.05) is 84.9 Å². The molecule has 1 amide bonds. The molecule has 30 heavy (non-hydrogen) atoms. The molecule has 3 aromatic carbocycles. The summed E-state index contributed by atoms with van der Waals surface area (Å²) in [6.07, 6.45) is 2.54. The smallest absolute Gasteiger partial charge is 0.242 e. The highest BCUT2D eigenvalue weighted by Gasteiger charge is 2.37. The first-order chi connectivity index (χ1) is 14.6. The lowest BCUT2D eigenvalue weighted by atomic mass is 10.0. The minimum absolute atomic E-state index is 0.102. The van der Waals surface area contributed by atoms with Crippen molar-refractivity contribution in [3.63, 3.8) is 0 Å². The summed E-state index contributed by atoms with van der Waals surface area (Å²) in [5.74, 6) is 0.107. The van der Waals surface area contributed by atoms with E-state index < -0.39 is 0 Å². The van der Waals surface area contributed by atoms with Crippen molar-refractivity contribution in [1.29, 1.82) is 0 Å². The molecule has 152 valence electrons. The number of amidine groups is 1. The van der Waals surface area contributed by atoms with Gasteiger partial charge in [0.05, 0.1) is 18.0 Å². The van der Waals surface area contributed by atoms with Crippen LogP contribution in [0.4, 0.5) is 0 Å². The van der Waals surface area contributed by atoms with Crippen molar-refractivity contribution in [2.45, 2.75) is 39.0 Å². The van der Waals surface area contributed by atoms with E-state index in [2.05, 4.69) is 60.4 Å². The molecule has 0 spiro atoms. The van der Waals surface area contributed by atoms with Crippen molar-refractivity contribution in [3.05, 3.63) is 82.9 Å². The average Bonchev–Trinajstić information content (AvgIpc) is 3.05. The van der Waals surface area contributed by atoms with E-state index in [1.54, 1.807) is 11.1 Å². The molecule has 0 bridgehead atoms. The molecule has 1 atom stereocenters. The van der Waals surface area contributed by atoms with E-state index in [1.807, 2.05) is 31.2 Å². The van der Waals surface area contributed by atoms with Crippen molar-refractivity contribution in [2.24, 2.45) is 10.2 Å². The highest BCUT2D eigenvalue weighted by Crippen LogP contribution is 2.32. The molecular weight excluding hydrogens is 390 g/mol. The van der Waals surface area contributed by atoms with Crippen LogP contribution in [0.1, 0.15) is 35.6 Å². The lowest BCUT2D eigenvalue weighted by molar-refractivity contribution is -0.126. The van der Waals surface area contributed by atoms with Gasteiger partial charge in [0.25, 0.3) is 0 Å². The van der Waals surface area contributed by atoms with Gasteiger partial charge in [-0.3, -0.25) is 9.69 Å². The minimum Gasteiger partial charge on any atom is -0.284 e. The Morgan fingerprint density at radius 1 is 1.07 bits per heavy atom. The maximum atomic E-state index is 13.0. The summed E-state index contributed by atoms with van der Waals surface area (Å²) in [7, 11) is 0. The molecule has 4 nitrogen and oxygen atoms in total. The lowest BCUT2D eigenvalue weighted by Gasteiger charge is -2.17. The third-order valence-corrected chi connectivity index (χ3v) is 6.70. The van der Waals surface area contributed by atoms with Crippen molar-refractivity contribution >= 4 is 39.8 Å². The summed E-state index contributed by atoms with van der Waals surface area (Å²) in [6.45, 7) is 6.68. The molecule has 0 aliphatic carbocycles. The van der Waals surface area contributed by atoms with Crippen LogP contribution in [-0.2, 0) is 11.3 Å². The highest BCUT2D eigenvalue weighted by atomic mass is 32.2. The van der Waals surface area contributed by atoms with Gasteiger partial charge in [0.1, 0.15) is 0 Å². The molecule has 1 aliphatic heterocycles. The maximum absolute atomic E-state index is 13.0. The maximum Gasteiger partial charge on any atom is 0.242 e. The molecule has 1 saturated heterocycles. The largest absolute Gasteiger partial charge is 0.284 e. The van der Waals surface area contributed by atoms with Gasteiger partial charge in [-0.05, 0) is 47.7 Å². The molecule has 0 radical (unpaired) electrons. The Morgan fingerprint density at radius 3 is 2.67 bits per heavy atom. The summed E-state index contributed by atoms with van der Waals surface area (Å²) < 4.78 is 0. The first-order valence-electron chi connectivity index (χ1n) is 10.2. The Kier molecular flexibility index (Phi) is 6.00. The Labute approximate surface area is 181 Å². The minimum atomic E-state index is -0.102. The Hall–Kier alpha value is -2.92. The first kappa shape index (κ1) is 20.4. The van der Waals surface area contributed by atoms with Crippen LogP contribution in [0.15, 0.2) is 70.9 Å². The molecule has 1 aliphatic rings. The van der Waals surface area contributed by atoms with Crippen LogP contribution in [0.3, 0.4) is 0 Å². The zero-order chi connectivity index (χ0) is 21.1. The van der Waals surface area contributed by atoms with E-state index in [1.165, 1.54) is 22.7 Å². The molecular formula is C25H25N3OS. The number of carbonyl (C=O) groups is 1. The number of aryl methyl sites for hydroxylation is 2. The zero-order valence-corrected chi connectivity index (χ0v) is 18.3. The third kappa shape index (κ3) is 4.17. The predicted octanol–water partition coefficient (Wildman–Crippen LogP) is 5.70. The van der Waals surface area contributed by atoms with Crippen LogP contribution >= 0.6 is 11.8 Å². The van der Waals surface area contributed by atoms with Crippen molar-refractivity contribution < 1.29 is 4.79 Å². The van der Waals surface area contributed by atoms with Gasteiger partial charge in [-0.25, -0.2) is 0 Å². The first-order valence-corrected chi connectivity index (χ1v) is 11.1. The summed E-state index contributed by atoms with van der Waals surface area (Å²) in [4.78, 5) is 14.8. The van der Waals surface area contributed by atoms with Crippen LogP contribution in [0.5, 0.6) is 0 Å². The molecule has 4 rings (SSSR count).